The molecule has 6 heteroatoms. The predicted octanol–water partition coefficient (Wildman–Crippen LogP) is 3.22. The van der Waals surface area contributed by atoms with Crippen LogP contribution in [0, 0.1) is 0 Å². The first kappa shape index (κ1) is 16.5. The average molecular weight is 344 g/mol. The first-order valence-corrected chi connectivity index (χ1v) is 8.12. The minimum absolute atomic E-state index is 0.212. The van der Waals surface area contributed by atoms with Gasteiger partial charge in [0.25, 0.3) is 0 Å². The molecular weight excluding hydrogens is 326 g/mol. The Labute approximate surface area is 145 Å². The number of pyridine rings is 1. The van der Waals surface area contributed by atoms with Crippen molar-refractivity contribution >= 4 is 35.0 Å². The van der Waals surface area contributed by atoms with E-state index in [0.29, 0.717) is 23.9 Å². The Bertz CT molecular complexity index is 728. The summed E-state index contributed by atoms with van der Waals surface area (Å²) in [5, 5.41) is 3.52. The number of nitrogens with one attached hydrogen (secondary N) is 1. The van der Waals surface area contributed by atoms with E-state index in [1.807, 2.05) is 30.3 Å². The third-order valence-electron chi connectivity index (χ3n) is 3.68. The number of carbonyl (C=O) groups is 1. The summed E-state index contributed by atoms with van der Waals surface area (Å²) in [5.74, 6) is -0.212. The maximum atomic E-state index is 12.2. The Kier molecular flexibility index (Phi) is 5.46. The van der Waals surface area contributed by atoms with Gasteiger partial charge < -0.3 is 15.0 Å². The molecule has 1 aliphatic rings. The fourth-order valence-electron chi connectivity index (χ4n) is 2.55. The second kappa shape index (κ2) is 7.95. The van der Waals surface area contributed by atoms with Crippen molar-refractivity contribution < 1.29 is 9.53 Å². The molecule has 0 saturated carbocycles. The van der Waals surface area contributed by atoms with Crippen LogP contribution in [-0.4, -0.2) is 37.2 Å². The molecule has 2 aromatic rings. The van der Waals surface area contributed by atoms with Crippen LogP contribution >= 0.6 is 11.6 Å². The molecule has 1 N–H and O–H groups in total. The molecule has 1 aliphatic heterocycles. The van der Waals surface area contributed by atoms with E-state index in [0.717, 1.165) is 24.3 Å². The van der Waals surface area contributed by atoms with Crippen LogP contribution in [0.3, 0.4) is 0 Å². The summed E-state index contributed by atoms with van der Waals surface area (Å²) >= 11 is 6.36. The Morgan fingerprint density at radius 3 is 2.83 bits per heavy atom. The third-order valence-corrected chi connectivity index (χ3v) is 3.99. The highest BCUT2D eigenvalue weighted by Gasteiger charge is 2.18. The van der Waals surface area contributed by atoms with Gasteiger partial charge in [-0.15, -0.1) is 0 Å². The number of nitrogens with zero attached hydrogens (tertiary/aromatic N) is 2. The number of ether oxygens (including phenoxy) is 1. The standard InChI is InChI=1S/C18H18ClN3O2/c19-15-4-1-5-16(18(15)22-9-11-24-12-10-22)21-17(23)7-6-14-3-2-8-20-13-14/h1-8,13H,9-12H2,(H,21,23)/b7-6+. The number of carbonyl (C=O) groups excluding carboxylic acids is 1. The van der Waals surface area contributed by atoms with Crippen LogP contribution in [0.4, 0.5) is 11.4 Å². The molecular formula is C18H18ClN3O2. The molecule has 0 spiro atoms. The number of para-hydroxylation sites is 1. The molecule has 2 heterocycles. The maximum absolute atomic E-state index is 12.2. The molecule has 1 fully saturated rings. The number of halogens is 1. The maximum Gasteiger partial charge on any atom is 0.248 e. The van der Waals surface area contributed by atoms with E-state index >= 15 is 0 Å². The first-order chi connectivity index (χ1) is 11.7. The fraction of sp³-hybridized carbons (Fsp3) is 0.222. The van der Waals surface area contributed by atoms with E-state index < -0.39 is 0 Å². The van der Waals surface area contributed by atoms with Gasteiger partial charge in [-0.05, 0) is 29.8 Å². The summed E-state index contributed by atoms with van der Waals surface area (Å²) in [5.41, 5.74) is 2.41. The quantitative estimate of drug-likeness (QED) is 0.866. The second-order valence-electron chi connectivity index (χ2n) is 5.34. The number of hydrogen-bond donors (Lipinski definition) is 1. The summed E-state index contributed by atoms with van der Waals surface area (Å²) in [6.07, 6.45) is 6.60. The van der Waals surface area contributed by atoms with E-state index in [2.05, 4.69) is 15.2 Å². The molecule has 1 aromatic heterocycles. The zero-order valence-electron chi connectivity index (χ0n) is 13.1. The lowest BCUT2D eigenvalue weighted by atomic mass is 10.2. The van der Waals surface area contributed by atoms with Crippen molar-refractivity contribution in [1.29, 1.82) is 0 Å². The molecule has 1 aromatic carbocycles. The van der Waals surface area contributed by atoms with Gasteiger partial charge in [0.1, 0.15) is 0 Å². The lowest BCUT2D eigenvalue weighted by Gasteiger charge is -2.31. The summed E-state index contributed by atoms with van der Waals surface area (Å²) in [6.45, 7) is 2.80. The van der Waals surface area contributed by atoms with E-state index in [-0.39, 0.29) is 5.91 Å². The second-order valence-corrected chi connectivity index (χ2v) is 5.75. The summed E-state index contributed by atoms with van der Waals surface area (Å²) in [7, 11) is 0. The Morgan fingerprint density at radius 2 is 2.08 bits per heavy atom. The van der Waals surface area contributed by atoms with Crippen LogP contribution in [0.25, 0.3) is 6.08 Å². The smallest absolute Gasteiger partial charge is 0.248 e. The molecule has 0 unspecified atom stereocenters. The van der Waals surface area contributed by atoms with Crippen molar-refractivity contribution in [2.45, 2.75) is 0 Å². The van der Waals surface area contributed by atoms with Crippen LogP contribution in [0.5, 0.6) is 0 Å². The summed E-state index contributed by atoms with van der Waals surface area (Å²) in [4.78, 5) is 18.4. The van der Waals surface area contributed by atoms with Crippen LogP contribution in [0.15, 0.2) is 48.8 Å². The molecule has 24 heavy (non-hydrogen) atoms. The zero-order valence-corrected chi connectivity index (χ0v) is 13.9. The molecule has 1 saturated heterocycles. The van der Waals surface area contributed by atoms with Crippen LogP contribution in [-0.2, 0) is 9.53 Å². The number of amides is 1. The zero-order chi connectivity index (χ0) is 16.8. The monoisotopic (exact) mass is 343 g/mol. The van der Waals surface area contributed by atoms with Gasteiger partial charge in [0.2, 0.25) is 5.91 Å². The number of aromatic nitrogens is 1. The minimum Gasteiger partial charge on any atom is -0.378 e. The highest BCUT2D eigenvalue weighted by Crippen LogP contribution is 2.34. The van der Waals surface area contributed by atoms with E-state index in [9.17, 15) is 4.79 Å². The molecule has 1 amide bonds. The van der Waals surface area contributed by atoms with Gasteiger partial charge in [-0.1, -0.05) is 23.7 Å². The van der Waals surface area contributed by atoms with Gasteiger partial charge in [-0.3, -0.25) is 9.78 Å². The molecule has 3 rings (SSSR count). The average Bonchev–Trinajstić information content (AvgIpc) is 2.62. The molecule has 0 bridgehead atoms. The number of rotatable bonds is 4. The molecule has 0 aliphatic carbocycles. The largest absolute Gasteiger partial charge is 0.378 e. The van der Waals surface area contributed by atoms with Crippen molar-refractivity contribution in [1.82, 2.24) is 4.98 Å². The molecule has 0 atom stereocenters. The van der Waals surface area contributed by atoms with Crippen LogP contribution < -0.4 is 10.2 Å². The number of benzene rings is 1. The van der Waals surface area contributed by atoms with Gasteiger partial charge >= 0.3 is 0 Å². The highest BCUT2D eigenvalue weighted by molar-refractivity contribution is 6.34. The number of anilines is 2. The van der Waals surface area contributed by atoms with Crippen molar-refractivity contribution in [3.8, 4) is 0 Å². The summed E-state index contributed by atoms with van der Waals surface area (Å²) in [6, 6.07) is 9.22. The van der Waals surface area contributed by atoms with Gasteiger partial charge in [-0.25, -0.2) is 0 Å². The fourth-order valence-corrected chi connectivity index (χ4v) is 2.84. The lowest BCUT2D eigenvalue weighted by Crippen LogP contribution is -2.37. The van der Waals surface area contributed by atoms with Crippen LogP contribution in [0.1, 0.15) is 5.56 Å². The first-order valence-electron chi connectivity index (χ1n) is 7.74. The Hall–Kier alpha value is -2.37. The van der Waals surface area contributed by atoms with Crippen molar-refractivity contribution in [2.24, 2.45) is 0 Å². The number of hydrogen-bond acceptors (Lipinski definition) is 4. The Morgan fingerprint density at radius 1 is 1.25 bits per heavy atom. The lowest BCUT2D eigenvalue weighted by molar-refractivity contribution is -0.111. The molecule has 0 radical (unpaired) electrons. The number of morpholine rings is 1. The van der Waals surface area contributed by atoms with Crippen LogP contribution in [0.2, 0.25) is 5.02 Å². The van der Waals surface area contributed by atoms with Gasteiger partial charge in [0, 0.05) is 31.6 Å². The molecule has 5 nitrogen and oxygen atoms in total. The highest BCUT2D eigenvalue weighted by atomic mass is 35.5. The van der Waals surface area contributed by atoms with E-state index in [4.69, 9.17) is 16.3 Å². The SMILES string of the molecule is O=C(/C=C/c1cccnc1)Nc1cccc(Cl)c1N1CCOCC1. The van der Waals surface area contributed by atoms with E-state index in [1.54, 1.807) is 18.5 Å². The normalized spacial score (nSPS) is 14.8. The third kappa shape index (κ3) is 4.13. The molecule has 124 valence electrons. The Balaban J connectivity index is 1.76. The van der Waals surface area contributed by atoms with Crippen molar-refractivity contribution in [3.05, 3.63) is 59.4 Å². The van der Waals surface area contributed by atoms with Gasteiger partial charge in [0.05, 0.1) is 29.6 Å². The van der Waals surface area contributed by atoms with E-state index in [1.165, 1.54) is 6.08 Å². The van der Waals surface area contributed by atoms with Crippen molar-refractivity contribution in [3.63, 3.8) is 0 Å². The van der Waals surface area contributed by atoms with Gasteiger partial charge in [-0.2, -0.15) is 0 Å². The predicted molar refractivity (Wildman–Crippen MR) is 96.4 cm³/mol. The topological polar surface area (TPSA) is 54.5 Å². The van der Waals surface area contributed by atoms with Gasteiger partial charge in [0.15, 0.2) is 0 Å². The summed E-state index contributed by atoms with van der Waals surface area (Å²) < 4.78 is 5.38. The van der Waals surface area contributed by atoms with Crippen molar-refractivity contribution in [2.75, 3.05) is 36.5 Å². The minimum atomic E-state index is -0.212.